The third kappa shape index (κ3) is 4.97. The van der Waals surface area contributed by atoms with Crippen LogP contribution in [0, 0.1) is 0 Å². The van der Waals surface area contributed by atoms with Crippen molar-refractivity contribution in [3.8, 4) is 11.3 Å². The molecule has 0 saturated carbocycles. The number of hydrogen-bond donors (Lipinski definition) is 2. The van der Waals surface area contributed by atoms with E-state index in [-0.39, 0.29) is 5.91 Å². The minimum absolute atomic E-state index is 0.0409. The number of hydrogen-bond acceptors (Lipinski definition) is 6. The molecule has 2 N–H and O–H groups in total. The van der Waals surface area contributed by atoms with Gasteiger partial charge in [0.15, 0.2) is 11.2 Å². The van der Waals surface area contributed by atoms with Gasteiger partial charge in [-0.25, -0.2) is 9.78 Å². The number of fused-ring (bicyclic) bond motifs is 1. The van der Waals surface area contributed by atoms with Crippen molar-refractivity contribution in [2.75, 3.05) is 11.9 Å². The Labute approximate surface area is 183 Å². The number of cyclic esters (lactones) is 1. The second-order valence-corrected chi connectivity index (χ2v) is 8.07. The van der Waals surface area contributed by atoms with Gasteiger partial charge in [0.05, 0.1) is 11.3 Å². The quantitative estimate of drug-likeness (QED) is 0.580. The number of carbonyl (C=O) groups is 3. The van der Waals surface area contributed by atoms with Gasteiger partial charge in [-0.15, -0.1) is 11.3 Å². The number of nitrogens with zero attached hydrogens (tertiary/aromatic N) is 1. The van der Waals surface area contributed by atoms with Crippen molar-refractivity contribution in [2.24, 2.45) is 0 Å². The lowest BCUT2D eigenvalue weighted by Crippen LogP contribution is -2.37. The fraction of sp³-hybridized carbons (Fsp3) is 0.217. The Morgan fingerprint density at radius 3 is 2.71 bits per heavy atom. The number of thiazole rings is 1. The molecule has 0 saturated heterocycles. The van der Waals surface area contributed by atoms with Gasteiger partial charge in [-0.1, -0.05) is 42.5 Å². The average molecular weight is 436 g/mol. The molecule has 7 nitrogen and oxygen atoms in total. The molecule has 1 aliphatic rings. The maximum atomic E-state index is 12.6. The highest BCUT2D eigenvalue weighted by Gasteiger charge is 2.31. The molecule has 2 amide bonds. The molecule has 2 heterocycles. The van der Waals surface area contributed by atoms with Crippen molar-refractivity contribution >= 4 is 34.3 Å². The molecule has 3 aromatic rings. The number of ether oxygens (including phenoxy) is 1. The lowest BCUT2D eigenvalue weighted by atomic mass is 9.98. The molecule has 4 rings (SSSR count). The zero-order valence-corrected chi connectivity index (χ0v) is 17.7. The standard InChI is InChI=1S/C23H21N3O4S/c1-14(27)24-11-10-15-6-8-16(9-7-15)19-13-31-23(25-19)26-21(28)20-12-17-4-2-3-5-18(17)22(29)30-20/h2-9,13,20H,10-12H2,1H3,(H,24,27)(H,25,26,28). The summed E-state index contributed by atoms with van der Waals surface area (Å²) in [6, 6.07) is 15.0. The molecule has 1 atom stereocenters. The van der Waals surface area contributed by atoms with E-state index >= 15 is 0 Å². The Bertz CT molecular complexity index is 1120. The summed E-state index contributed by atoms with van der Waals surface area (Å²) in [6.07, 6.45) is 0.213. The van der Waals surface area contributed by atoms with Crippen LogP contribution in [-0.2, 0) is 27.2 Å². The monoisotopic (exact) mass is 435 g/mol. The first-order chi connectivity index (χ1) is 15.0. The summed E-state index contributed by atoms with van der Waals surface area (Å²) in [5.74, 6) is -0.918. The van der Waals surface area contributed by atoms with Crippen LogP contribution < -0.4 is 10.6 Å². The van der Waals surface area contributed by atoms with E-state index in [2.05, 4.69) is 15.6 Å². The third-order valence-corrected chi connectivity index (χ3v) is 5.71. The number of carbonyl (C=O) groups excluding carboxylic acids is 3. The zero-order chi connectivity index (χ0) is 21.8. The summed E-state index contributed by atoms with van der Waals surface area (Å²) < 4.78 is 5.30. The Kier molecular flexibility index (Phi) is 6.08. The minimum atomic E-state index is -0.877. The maximum Gasteiger partial charge on any atom is 0.339 e. The normalized spacial score (nSPS) is 15.0. The number of rotatable bonds is 6. The van der Waals surface area contributed by atoms with E-state index < -0.39 is 18.0 Å². The van der Waals surface area contributed by atoms with E-state index in [4.69, 9.17) is 4.74 Å². The third-order valence-electron chi connectivity index (χ3n) is 4.96. The summed E-state index contributed by atoms with van der Waals surface area (Å²) in [6.45, 7) is 2.09. The van der Waals surface area contributed by atoms with E-state index in [1.165, 1.54) is 18.3 Å². The summed E-state index contributed by atoms with van der Waals surface area (Å²) in [5.41, 5.74) is 4.10. The Morgan fingerprint density at radius 2 is 1.94 bits per heavy atom. The molecule has 1 aromatic heterocycles. The van der Waals surface area contributed by atoms with Gasteiger partial charge in [-0.05, 0) is 23.6 Å². The van der Waals surface area contributed by atoms with Crippen molar-refractivity contribution in [3.63, 3.8) is 0 Å². The summed E-state index contributed by atoms with van der Waals surface area (Å²) >= 11 is 1.31. The fourth-order valence-electron chi connectivity index (χ4n) is 3.35. The smallest absolute Gasteiger partial charge is 0.339 e. The van der Waals surface area contributed by atoms with E-state index in [1.54, 1.807) is 12.1 Å². The highest BCUT2D eigenvalue weighted by molar-refractivity contribution is 7.14. The zero-order valence-electron chi connectivity index (χ0n) is 16.9. The average Bonchev–Trinajstić information content (AvgIpc) is 3.22. The largest absolute Gasteiger partial charge is 0.448 e. The van der Waals surface area contributed by atoms with Gasteiger partial charge in [-0.2, -0.15) is 0 Å². The lowest BCUT2D eigenvalue weighted by Gasteiger charge is -2.23. The minimum Gasteiger partial charge on any atom is -0.448 e. The first kappa shape index (κ1) is 20.7. The molecular weight excluding hydrogens is 414 g/mol. The van der Waals surface area contributed by atoms with Crippen LogP contribution in [0.5, 0.6) is 0 Å². The summed E-state index contributed by atoms with van der Waals surface area (Å²) in [4.78, 5) is 40.2. The second-order valence-electron chi connectivity index (χ2n) is 7.21. The second kappa shape index (κ2) is 9.09. The number of amides is 2. The Balaban J connectivity index is 1.37. The molecular formula is C23H21N3O4S. The lowest BCUT2D eigenvalue weighted by molar-refractivity contribution is -0.125. The van der Waals surface area contributed by atoms with Crippen LogP contribution >= 0.6 is 11.3 Å². The molecule has 1 unspecified atom stereocenters. The summed E-state index contributed by atoms with van der Waals surface area (Å²) in [7, 11) is 0. The van der Waals surface area contributed by atoms with E-state index in [0.29, 0.717) is 23.7 Å². The molecule has 0 aliphatic carbocycles. The first-order valence-electron chi connectivity index (χ1n) is 9.88. The van der Waals surface area contributed by atoms with Gasteiger partial charge in [0.1, 0.15) is 0 Å². The molecule has 0 spiro atoms. The van der Waals surface area contributed by atoms with Crippen LogP contribution in [0.1, 0.15) is 28.4 Å². The molecule has 0 bridgehead atoms. The molecule has 0 fully saturated rings. The van der Waals surface area contributed by atoms with Crippen LogP contribution in [0.15, 0.2) is 53.9 Å². The highest BCUT2D eigenvalue weighted by Crippen LogP contribution is 2.26. The molecule has 8 heteroatoms. The van der Waals surface area contributed by atoms with Gasteiger partial charge in [0, 0.05) is 30.8 Å². The van der Waals surface area contributed by atoms with Crippen molar-refractivity contribution in [1.82, 2.24) is 10.3 Å². The highest BCUT2D eigenvalue weighted by atomic mass is 32.1. The van der Waals surface area contributed by atoms with Crippen LogP contribution in [0.3, 0.4) is 0 Å². The number of anilines is 1. The fourth-order valence-corrected chi connectivity index (χ4v) is 4.08. The Morgan fingerprint density at radius 1 is 1.16 bits per heavy atom. The van der Waals surface area contributed by atoms with Crippen molar-refractivity contribution < 1.29 is 19.1 Å². The Hall–Kier alpha value is -3.52. The van der Waals surface area contributed by atoms with E-state index in [9.17, 15) is 14.4 Å². The summed E-state index contributed by atoms with van der Waals surface area (Å²) in [5, 5.41) is 7.84. The van der Waals surface area contributed by atoms with Crippen molar-refractivity contribution in [3.05, 3.63) is 70.6 Å². The van der Waals surface area contributed by atoms with Gasteiger partial charge in [-0.3, -0.25) is 14.9 Å². The number of esters is 1. The predicted molar refractivity (Wildman–Crippen MR) is 118 cm³/mol. The number of benzene rings is 2. The predicted octanol–water partition coefficient (Wildman–Crippen LogP) is 3.21. The number of nitrogens with one attached hydrogen (secondary N) is 2. The molecule has 1 aliphatic heterocycles. The van der Waals surface area contributed by atoms with Gasteiger partial charge in [0.25, 0.3) is 5.91 Å². The SMILES string of the molecule is CC(=O)NCCc1ccc(-c2csc(NC(=O)C3Cc4ccccc4C(=O)O3)n2)cc1. The first-order valence-corrected chi connectivity index (χ1v) is 10.8. The van der Waals surface area contributed by atoms with Gasteiger partial charge >= 0.3 is 5.97 Å². The molecule has 31 heavy (non-hydrogen) atoms. The van der Waals surface area contributed by atoms with Crippen LogP contribution in [-0.4, -0.2) is 35.4 Å². The maximum absolute atomic E-state index is 12.6. The topological polar surface area (TPSA) is 97.4 Å². The molecule has 0 radical (unpaired) electrons. The van der Waals surface area contributed by atoms with E-state index in [1.807, 2.05) is 41.8 Å². The van der Waals surface area contributed by atoms with E-state index in [0.717, 1.165) is 28.8 Å². The van der Waals surface area contributed by atoms with Crippen LogP contribution in [0.25, 0.3) is 11.3 Å². The van der Waals surface area contributed by atoms with Crippen molar-refractivity contribution in [2.45, 2.75) is 25.9 Å². The van der Waals surface area contributed by atoms with Crippen LogP contribution in [0.4, 0.5) is 5.13 Å². The van der Waals surface area contributed by atoms with Gasteiger partial charge in [0.2, 0.25) is 5.91 Å². The van der Waals surface area contributed by atoms with Gasteiger partial charge < -0.3 is 10.1 Å². The molecule has 2 aromatic carbocycles. The van der Waals surface area contributed by atoms with Crippen molar-refractivity contribution in [1.29, 1.82) is 0 Å². The molecule has 158 valence electrons. The van der Waals surface area contributed by atoms with Crippen LogP contribution in [0.2, 0.25) is 0 Å². The number of aromatic nitrogens is 1.